The number of aliphatic hydroxyl groups excluding tert-OH is 1. The van der Waals surface area contributed by atoms with Gasteiger partial charge in [-0.05, 0) is 43.4 Å². The van der Waals surface area contributed by atoms with Crippen LogP contribution in [0.3, 0.4) is 0 Å². The maximum atomic E-state index is 12.6. The summed E-state index contributed by atoms with van der Waals surface area (Å²) in [5, 5.41) is 15.6. The normalized spacial score (nSPS) is 11.1. The first-order valence-electron chi connectivity index (χ1n) is 4.58. The quantitative estimate of drug-likeness (QED) is 0.426. The van der Waals surface area contributed by atoms with E-state index in [1.54, 1.807) is 19.1 Å². The van der Waals surface area contributed by atoms with Crippen molar-refractivity contribution < 1.29 is 9.50 Å². The van der Waals surface area contributed by atoms with Gasteiger partial charge in [-0.3, -0.25) is 5.43 Å². The highest BCUT2D eigenvalue weighted by Gasteiger charge is 1.96. The Balaban J connectivity index is 2.49. The van der Waals surface area contributed by atoms with Crippen LogP contribution in [0.4, 0.5) is 10.1 Å². The van der Waals surface area contributed by atoms with Crippen LogP contribution in [0.5, 0.6) is 0 Å². The fourth-order valence-corrected chi connectivity index (χ4v) is 1.04. The summed E-state index contributed by atoms with van der Waals surface area (Å²) in [5.41, 5.74) is 3.73. The zero-order valence-electron chi connectivity index (χ0n) is 8.70. The lowest BCUT2D eigenvalue weighted by atomic mass is 10.3. The minimum absolute atomic E-state index is 0.133. The van der Waals surface area contributed by atoms with Gasteiger partial charge in [0.05, 0.1) is 12.3 Å². The number of halogens is 1. The molecule has 0 atom stereocenters. The van der Waals surface area contributed by atoms with Crippen molar-refractivity contribution in [3.05, 3.63) is 30.1 Å². The van der Waals surface area contributed by atoms with Gasteiger partial charge in [0.1, 0.15) is 5.82 Å². The average molecular weight is 241 g/mol. The van der Waals surface area contributed by atoms with Gasteiger partial charge in [0, 0.05) is 5.69 Å². The average Bonchev–Trinajstić information content (AvgIpc) is 2.29. The number of hydrazone groups is 1. The van der Waals surface area contributed by atoms with Crippen LogP contribution in [0.1, 0.15) is 6.92 Å². The molecule has 0 bridgehead atoms. The van der Waals surface area contributed by atoms with E-state index in [0.717, 1.165) is 0 Å². The molecule has 0 spiro atoms. The van der Waals surface area contributed by atoms with E-state index in [1.807, 2.05) is 0 Å². The number of thiocarbonyl (C=S) groups is 1. The van der Waals surface area contributed by atoms with Crippen LogP contribution in [0.15, 0.2) is 29.4 Å². The Labute approximate surface area is 98.2 Å². The van der Waals surface area contributed by atoms with Crippen LogP contribution in [0.2, 0.25) is 0 Å². The molecule has 0 heterocycles. The minimum Gasteiger partial charge on any atom is -0.390 e. The summed E-state index contributed by atoms with van der Waals surface area (Å²) in [5.74, 6) is -0.307. The molecule has 0 aliphatic rings. The topological polar surface area (TPSA) is 56.7 Å². The van der Waals surface area contributed by atoms with Crippen molar-refractivity contribution in [1.82, 2.24) is 5.43 Å². The largest absolute Gasteiger partial charge is 0.390 e. The smallest absolute Gasteiger partial charge is 0.191 e. The van der Waals surface area contributed by atoms with Crippen LogP contribution in [0.25, 0.3) is 0 Å². The fraction of sp³-hybridized carbons (Fsp3) is 0.200. The maximum Gasteiger partial charge on any atom is 0.191 e. The molecular formula is C10H12FN3OS. The molecule has 0 aromatic heterocycles. The Morgan fingerprint density at radius 3 is 2.62 bits per heavy atom. The van der Waals surface area contributed by atoms with Crippen LogP contribution in [-0.2, 0) is 0 Å². The number of rotatable bonds is 3. The predicted octanol–water partition coefficient (Wildman–Crippen LogP) is 1.48. The molecule has 0 fully saturated rings. The third-order valence-corrected chi connectivity index (χ3v) is 1.87. The van der Waals surface area contributed by atoms with Crippen molar-refractivity contribution in [1.29, 1.82) is 0 Å². The van der Waals surface area contributed by atoms with E-state index in [1.165, 1.54) is 12.1 Å². The molecule has 16 heavy (non-hydrogen) atoms. The van der Waals surface area contributed by atoms with Crippen LogP contribution in [0, 0.1) is 5.82 Å². The molecule has 0 amide bonds. The zero-order chi connectivity index (χ0) is 12.0. The maximum absolute atomic E-state index is 12.6. The number of hydrogen-bond acceptors (Lipinski definition) is 3. The lowest BCUT2D eigenvalue weighted by Crippen LogP contribution is -2.25. The Hall–Kier alpha value is -1.53. The van der Waals surface area contributed by atoms with Gasteiger partial charge in [-0.25, -0.2) is 4.39 Å². The zero-order valence-corrected chi connectivity index (χ0v) is 9.51. The van der Waals surface area contributed by atoms with Gasteiger partial charge in [0.15, 0.2) is 5.11 Å². The standard InChI is InChI=1S/C10H12FN3OS/c1-7(6-15)13-14-10(16)12-9-4-2-8(11)3-5-9/h2-5,15H,6H2,1H3,(H2,12,14,16)/b13-7+. The number of anilines is 1. The predicted molar refractivity (Wildman–Crippen MR) is 66.0 cm³/mol. The SMILES string of the molecule is C/C(CO)=N\NC(=S)Nc1ccc(F)cc1. The van der Waals surface area contributed by atoms with E-state index in [9.17, 15) is 4.39 Å². The van der Waals surface area contributed by atoms with Crippen molar-refractivity contribution in [3.8, 4) is 0 Å². The highest BCUT2D eigenvalue weighted by atomic mass is 32.1. The molecule has 0 radical (unpaired) electrons. The molecular weight excluding hydrogens is 229 g/mol. The highest BCUT2D eigenvalue weighted by molar-refractivity contribution is 7.80. The second-order valence-corrected chi connectivity index (χ2v) is 3.49. The van der Waals surface area contributed by atoms with Crippen molar-refractivity contribution in [2.45, 2.75) is 6.92 Å². The molecule has 4 nitrogen and oxygen atoms in total. The number of nitrogens with zero attached hydrogens (tertiary/aromatic N) is 1. The summed E-state index contributed by atoms with van der Waals surface area (Å²) >= 11 is 4.93. The van der Waals surface area contributed by atoms with Gasteiger partial charge in [0.2, 0.25) is 0 Å². The Morgan fingerprint density at radius 1 is 1.44 bits per heavy atom. The molecule has 1 rings (SSSR count). The van der Waals surface area contributed by atoms with Crippen LogP contribution < -0.4 is 10.7 Å². The van der Waals surface area contributed by atoms with Gasteiger partial charge in [-0.2, -0.15) is 5.10 Å². The number of aliphatic hydroxyl groups is 1. The lowest BCUT2D eigenvalue weighted by molar-refractivity contribution is 0.356. The Bertz CT molecular complexity index is 392. The molecule has 6 heteroatoms. The van der Waals surface area contributed by atoms with Crippen molar-refractivity contribution in [3.63, 3.8) is 0 Å². The molecule has 1 aromatic rings. The minimum atomic E-state index is -0.307. The number of hydrogen-bond donors (Lipinski definition) is 3. The summed E-state index contributed by atoms with van der Waals surface area (Å²) in [6, 6.07) is 5.78. The molecule has 0 aliphatic heterocycles. The van der Waals surface area contributed by atoms with E-state index in [4.69, 9.17) is 17.3 Å². The molecule has 3 N–H and O–H groups in total. The van der Waals surface area contributed by atoms with Crippen LogP contribution >= 0.6 is 12.2 Å². The summed E-state index contributed by atoms with van der Waals surface area (Å²) in [6.07, 6.45) is 0. The highest BCUT2D eigenvalue weighted by Crippen LogP contribution is 2.07. The van der Waals surface area contributed by atoms with E-state index >= 15 is 0 Å². The summed E-state index contributed by atoms with van der Waals surface area (Å²) in [4.78, 5) is 0. The van der Waals surface area contributed by atoms with E-state index in [-0.39, 0.29) is 17.5 Å². The summed E-state index contributed by atoms with van der Waals surface area (Å²) in [6.45, 7) is 1.53. The second kappa shape index (κ2) is 6.14. The third-order valence-electron chi connectivity index (χ3n) is 1.68. The molecule has 0 saturated heterocycles. The first kappa shape index (κ1) is 12.5. The first-order chi connectivity index (χ1) is 7.61. The van der Waals surface area contributed by atoms with E-state index in [0.29, 0.717) is 11.4 Å². The number of nitrogens with one attached hydrogen (secondary N) is 2. The monoisotopic (exact) mass is 241 g/mol. The summed E-state index contributed by atoms with van der Waals surface area (Å²) < 4.78 is 12.6. The Morgan fingerprint density at radius 2 is 2.06 bits per heavy atom. The van der Waals surface area contributed by atoms with Gasteiger partial charge in [0.25, 0.3) is 0 Å². The van der Waals surface area contributed by atoms with Crippen LogP contribution in [-0.4, -0.2) is 22.5 Å². The van der Waals surface area contributed by atoms with E-state index < -0.39 is 0 Å². The van der Waals surface area contributed by atoms with Gasteiger partial charge in [-0.1, -0.05) is 0 Å². The van der Waals surface area contributed by atoms with Gasteiger partial charge < -0.3 is 10.4 Å². The second-order valence-electron chi connectivity index (χ2n) is 3.08. The van der Waals surface area contributed by atoms with Gasteiger partial charge in [-0.15, -0.1) is 0 Å². The summed E-state index contributed by atoms with van der Waals surface area (Å²) in [7, 11) is 0. The molecule has 0 aliphatic carbocycles. The molecule has 0 unspecified atom stereocenters. The fourth-order valence-electron chi connectivity index (χ4n) is 0.874. The Kier molecular flexibility index (Phi) is 4.81. The molecule has 86 valence electrons. The van der Waals surface area contributed by atoms with Crippen molar-refractivity contribution >= 4 is 28.7 Å². The first-order valence-corrected chi connectivity index (χ1v) is 4.99. The molecule has 1 aromatic carbocycles. The van der Waals surface area contributed by atoms with Crippen molar-refractivity contribution in [2.75, 3.05) is 11.9 Å². The third kappa shape index (κ3) is 4.33. The number of benzene rings is 1. The van der Waals surface area contributed by atoms with Gasteiger partial charge >= 0.3 is 0 Å². The van der Waals surface area contributed by atoms with E-state index in [2.05, 4.69) is 15.8 Å². The lowest BCUT2D eigenvalue weighted by Gasteiger charge is -2.07. The van der Waals surface area contributed by atoms with Crippen molar-refractivity contribution in [2.24, 2.45) is 5.10 Å². The molecule has 0 saturated carbocycles.